The Labute approximate surface area is 357 Å². The molecule has 0 fully saturated rings. The van der Waals surface area contributed by atoms with Crippen LogP contribution in [0.1, 0.15) is 123 Å². The zero-order valence-electron chi connectivity index (χ0n) is 35.4. The molecule has 0 heterocycles. The highest BCUT2D eigenvalue weighted by Crippen LogP contribution is 2.31. The van der Waals surface area contributed by atoms with Crippen LogP contribution in [0.15, 0.2) is 133 Å². The molecule has 0 aromatic heterocycles. The first kappa shape index (κ1) is 43.4. The second kappa shape index (κ2) is 22.3. The SMILES string of the molecule is CCCCCCCCOc1ccc(-c2ccc(C(=O)c3cc(-c4ccc(N)c(C(=O)c5ccc(-c6ccc(OCCCCCCCC)cc6)cc5)c4)ccc3N)cc2)cc1. The van der Waals surface area contributed by atoms with Crippen LogP contribution in [-0.4, -0.2) is 24.8 Å². The summed E-state index contributed by atoms with van der Waals surface area (Å²) in [6.07, 6.45) is 14.8. The number of unbranched alkanes of at least 4 members (excludes halogenated alkanes) is 10. The molecule has 0 spiro atoms. The van der Waals surface area contributed by atoms with Crippen LogP contribution in [0, 0.1) is 0 Å². The third kappa shape index (κ3) is 12.0. The number of rotatable bonds is 23. The second-order valence-corrected chi connectivity index (χ2v) is 15.7. The smallest absolute Gasteiger partial charge is 0.195 e. The first-order valence-corrected chi connectivity index (χ1v) is 21.9. The van der Waals surface area contributed by atoms with E-state index in [1.807, 2.05) is 109 Å². The minimum atomic E-state index is -0.179. The van der Waals surface area contributed by atoms with Crippen LogP contribution in [0.25, 0.3) is 33.4 Å². The number of carbonyl (C=O) groups excluding carboxylic acids is 2. The summed E-state index contributed by atoms with van der Waals surface area (Å²) in [7, 11) is 0. The topological polar surface area (TPSA) is 105 Å². The van der Waals surface area contributed by atoms with Gasteiger partial charge in [-0.1, -0.05) is 163 Å². The average molecular weight is 801 g/mol. The van der Waals surface area contributed by atoms with Gasteiger partial charge in [-0.3, -0.25) is 9.59 Å². The zero-order chi connectivity index (χ0) is 42.1. The highest BCUT2D eigenvalue weighted by atomic mass is 16.5. The molecular formula is C54H60N2O4. The summed E-state index contributed by atoms with van der Waals surface area (Å²) in [5, 5.41) is 0. The van der Waals surface area contributed by atoms with Crippen molar-refractivity contribution >= 4 is 22.9 Å². The summed E-state index contributed by atoms with van der Waals surface area (Å²) in [6, 6.07) is 42.1. The van der Waals surface area contributed by atoms with E-state index in [1.165, 1.54) is 64.2 Å². The van der Waals surface area contributed by atoms with E-state index in [-0.39, 0.29) is 11.6 Å². The van der Waals surface area contributed by atoms with Gasteiger partial charge in [0.25, 0.3) is 0 Å². The van der Waals surface area contributed by atoms with Crippen molar-refractivity contribution in [3.05, 3.63) is 156 Å². The molecule has 0 saturated carbocycles. The summed E-state index contributed by atoms with van der Waals surface area (Å²) < 4.78 is 11.9. The number of nitrogens with two attached hydrogens (primary N) is 2. The van der Waals surface area contributed by atoms with Crippen LogP contribution in [0.2, 0.25) is 0 Å². The van der Waals surface area contributed by atoms with Gasteiger partial charge in [-0.25, -0.2) is 0 Å². The Morgan fingerprint density at radius 1 is 0.383 bits per heavy atom. The second-order valence-electron chi connectivity index (χ2n) is 15.7. The van der Waals surface area contributed by atoms with Crippen LogP contribution >= 0.6 is 0 Å². The predicted octanol–water partition coefficient (Wildman–Crippen LogP) is 13.8. The Morgan fingerprint density at radius 2 is 0.683 bits per heavy atom. The molecule has 0 radical (unpaired) electrons. The number of ketones is 2. The van der Waals surface area contributed by atoms with Crippen molar-refractivity contribution in [2.24, 2.45) is 0 Å². The maximum absolute atomic E-state index is 13.8. The van der Waals surface area contributed by atoms with Gasteiger partial charge >= 0.3 is 0 Å². The standard InChI is InChI=1S/C54H60N2O4/c1-3-5-7-9-11-13-35-59-47-29-23-41(24-30-47)39-15-19-43(20-16-39)53(57)49-37-45(27-33-51(49)55)46-28-34-52(56)50(38-46)54(58)44-21-17-40(18-22-44)42-25-31-48(32-26-42)60-36-14-12-10-8-6-4-2/h15-34,37-38H,3-14,35-36,55-56H2,1-2H3. The summed E-state index contributed by atoms with van der Waals surface area (Å²) in [6.45, 7) is 5.92. The highest BCUT2D eigenvalue weighted by Gasteiger charge is 2.17. The molecule has 6 nitrogen and oxygen atoms in total. The normalized spacial score (nSPS) is 11.0. The van der Waals surface area contributed by atoms with Crippen LogP contribution in [0.4, 0.5) is 11.4 Å². The Balaban J connectivity index is 1.07. The molecule has 0 atom stereocenters. The maximum atomic E-state index is 13.8. The minimum absolute atomic E-state index is 0.179. The Bertz CT molecular complexity index is 2110. The zero-order valence-corrected chi connectivity index (χ0v) is 35.4. The van der Waals surface area contributed by atoms with Gasteiger partial charge in [-0.2, -0.15) is 0 Å². The number of anilines is 2. The molecule has 0 aliphatic carbocycles. The van der Waals surface area contributed by atoms with Crippen LogP contribution in [0.3, 0.4) is 0 Å². The largest absolute Gasteiger partial charge is 0.494 e. The van der Waals surface area contributed by atoms with E-state index in [0.717, 1.165) is 70.9 Å². The van der Waals surface area contributed by atoms with Crippen LogP contribution in [-0.2, 0) is 0 Å². The Morgan fingerprint density at radius 3 is 1.03 bits per heavy atom. The lowest BCUT2D eigenvalue weighted by molar-refractivity contribution is 0.103. The van der Waals surface area contributed by atoms with E-state index in [1.54, 1.807) is 24.3 Å². The molecule has 6 heteroatoms. The fraction of sp³-hybridized carbons (Fsp3) is 0.296. The summed E-state index contributed by atoms with van der Waals surface area (Å²) >= 11 is 0. The molecule has 0 amide bonds. The molecule has 0 aliphatic rings. The Hall–Kier alpha value is -6.14. The van der Waals surface area contributed by atoms with Gasteiger partial charge in [0.1, 0.15) is 11.5 Å². The number of ether oxygens (including phenoxy) is 2. The van der Waals surface area contributed by atoms with E-state index < -0.39 is 0 Å². The molecule has 0 bridgehead atoms. The van der Waals surface area contributed by atoms with Gasteiger partial charge in [0, 0.05) is 33.6 Å². The van der Waals surface area contributed by atoms with Crippen molar-refractivity contribution in [1.82, 2.24) is 0 Å². The van der Waals surface area contributed by atoms with Gasteiger partial charge in [0.05, 0.1) is 13.2 Å². The number of benzene rings is 6. The molecule has 0 unspecified atom stereocenters. The van der Waals surface area contributed by atoms with Crippen LogP contribution in [0.5, 0.6) is 11.5 Å². The monoisotopic (exact) mass is 800 g/mol. The van der Waals surface area contributed by atoms with E-state index in [4.69, 9.17) is 20.9 Å². The first-order valence-electron chi connectivity index (χ1n) is 21.9. The molecule has 6 aromatic rings. The molecule has 0 aliphatic heterocycles. The lowest BCUT2D eigenvalue weighted by Gasteiger charge is -2.12. The third-order valence-corrected chi connectivity index (χ3v) is 11.1. The van der Waals surface area contributed by atoms with E-state index in [0.29, 0.717) is 33.6 Å². The van der Waals surface area contributed by atoms with Crippen molar-refractivity contribution in [3.8, 4) is 44.9 Å². The number of hydrogen-bond acceptors (Lipinski definition) is 6. The highest BCUT2D eigenvalue weighted by molar-refractivity contribution is 6.14. The molecule has 310 valence electrons. The molecule has 0 saturated heterocycles. The van der Waals surface area contributed by atoms with Crippen molar-refractivity contribution < 1.29 is 19.1 Å². The third-order valence-electron chi connectivity index (χ3n) is 11.1. The molecule has 6 rings (SSSR count). The minimum Gasteiger partial charge on any atom is -0.494 e. The van der Waals surface area contributed by atoms with Crippen molar-refractivity contribution in [2.45, 2.75) is 90.9 Å². The fourth-order valence-electron chi connectivity index (χ4n) is 7.44. The average Bonchev–Trinajstić information content (AvgIpc) is 3.29. The lowest BCUT2D eigenvalue weighted by atomic mass is 9.93. The summed E-state index contributed by atoms with van der Waals surface area (Å²) in [5.74, 6) is 1.37. The quantitative estimate of drug-likeness (QED) is 0.0380. The number of nitrogen functional groups attached to an aromatic ring is 2. The van der Waals surface area contributed by atoms with E-state index in [2.05, 4.69) is 13.8 Å². The van der Waals surface area contributed by atoms with Gasteiger partial charge < -0.3 is 20.9 Å². The number of hydrogen-bond donors (Lipinski definition) is 2. The van der Waals surface area contributed by atoms with Gasteiger partial charge in [-0.05, 0) is 94.8 Å². The fourth-order valence-corrected chi connectivity index (χ4v) is 7.44. The van der Waals surface area contributed by atoms with Crippen molar-refractivity contribution in [1.29, 1.82) is 0 Å². The molecule has 60 heavy (non-hydrogen) atoms. The lowest BCUT2D eigenvalue weighted by Crippen LogP contribution is -2.07. The maximum Gasteiger partial charge on any atom is 0.195 e. The summed E-state index contributed by atoms with van der Waals surface area (Å²) in [4.78, 5) is 27.6. The van der Waals surface area contributed by atoms with Gasteiger partial charge in [0.15, 0.2) is 11.6 Å². The van der Waals surface area contributed by atoms with E-state index >= 15 is 0 Å². The van der Waals surface area contributed by atoms with Gasteiger partial charge in [0.2, 0.25) is 0 Å². The van der Waals surface area contributed by atoms with Crippen molar-refractivity contribution in [2.75, 3.05) is 24.7 Å². The van der Waals surface area contributed by atoms with Crippen LogP contribution < -0.4 is 20.9 Å². The predicted molar refractivity (Wildman–Crippen MR) is 249 cm³/mol. The van der Waals surface area contributed by atoms with Gasteiger partial charge in [-0.15, -0.1) is 0 Å². The molecule has 4 N–H and O–H groups in total. The molecular weight excluding hydrogens is 741 g/mol. The first-order chi connectivity index (χ1) is 29.3. The molecule has 6 aromatic carbocycles. The number of carbonyl (C=O) groups is 2. The van der Waals surface area contributed by atoms with Crippen molar-refractivity contribution in [3.63, 3.8) is 0 Å². The van der Waals surface area contributed by atoms with E-state index in [9.17, 15) is 9.59 Å². The summed E-state index contributed by atoms with van der Waals surface area (Å²) in [5.41, 5.74) is 21.0. The Kier molecular flexibility index (Phi) is 16.1.